The first-order valence-electron chi connectivity index (χ1n) is 5.82. The molecule has 2 fully saturated rings. The summed E-state index contributed by atoms with van der Waals surface area (Å²) in [5, 5.41) is 17.9. The Morgan fingerprint density at radius 3 is 2.62 bits per heavy atom. The molecule has 4 heteroatoms. The van der Waals surface area contributed by atoms with Crippen LogP contribution >= 0.6 is 0 Å². The number of hydrogen-bond acceptors (Lipinski definition) is 3. The largest absolute Gasteiger partial charge is 0.481 e. The second-order valence-electron chi connectivity index (χ2n) is 5.66. The number of carbonyl (C=O) groups is 1. The number of carboxylic acid groups (broad SMARTS) is 1. The molecule has 1 aliphatic heterocycles. The Hall–Kier alpha value is -1.08. The van der Waals surface area contributed by atoms with Gasteiger partial charge in [0.1, 0.15) is 0 Å². The molecule has 0 bridgehead atoms. The van der Waals surface area contributed by atoms with Crippen LogP contribution in [0.3, 0.4) is 0 Å². The molecule has 1 saturated heterocycles. The van der Waals surface area contributed by atoms with Crippen molar-refractivity contribution in [1.29, 1.82) is 5.26 Å². The SMILES string of the molecule is CC1(C(=O)O)CCN(CC2(CC#N)CC2)C1. The van der Waals surface area contributed by atoms with E-state index in [1.807, 2.05) is 6.92 Å². The van der Waals surface area contributed by atoms with Crippen LogP contribution in [-0.4, -0.2) is 35.6 Å². The number of carboxylic acids is 1. The molecule has 0 aromatic carbocycles. The Balaban J connectivity index is 1.91. The summed E-state index contributed by atoms with van der Waals surface area (Å²) in [4.78, 5) is 13.3. The highest BCUT2D eigenvalue weighted by atomic mass is 16.4. The van der Waals surface area contributed by atoms with Crippen molar-refractivity contribution in [2.45, 2.75) is 32.6 Å². The summed E-state index contributed by atoms with van der Waals surface area (Å²) in [6.45, 7) is 4.22. The normalized spacial score (nSPS) is 32.2. The predicted octanol–water partition coefficient (Wildman–Crippen LogP) is 1.48. The fraction of sp³-hybridized carbons (Fsp3) is 0.833. The molecule has 0 spiro atoms. The quantitative estimate of drug-likeness (QED) is 0.782. The van der Waals surface area contributed by atoms with E-state index in [4.69, 9.17) is 10.4 Å². The molecule has 16 heavy (non-hydrogen) atoms. The molecule has 1 N–H and O–H groups in total. The van der Waals surface area contributed by atoms with E-state index in [1.54, 1.807) is 0 Å². The maximum atomic E-state index is 11.1. The second kappa shape index (κ2) is 3.74. The van der Waals surface area contributed by atoms with E-state index < -0.39 is 11.4 Å². The van der Waals surface area contributed by atoms with Crippen LogP contribution in [0.1, 0.15) is 32.6 Å². The average molecular weight is 222 g/mol. The summed E-state index contributed by atoms with van der Waals surface area (Å²) in [5.41, 5.74) is -0.388. The lowest BCUT2D eigenvalue weighted by atomic mass is 9.90. The Labute approximate surface area is 95.9 Å². The van der Waals surface area contributed by atoms with Gasteiger partial charge in [0, 0.05) is 19.5 Å². The van der Waals surface area contributed by atoms with Crippen LogP contribution < -0.4 is 0 Å². The van der Waals surface area contributed by atoms with Crippen molar-refractivity contribution in [2.75, 3.05) is 19.6 Å². The van der Waals surface area contributed by atoms with E-state index in [2.05, 4.69) is 11.0 Å². The lowest BCUT2D eigenvalue weighted by Crippen LogP contribution is -2.34. The maximum Gasteiger partial charge on any atom is 0.310 e. The monoisotopic (exact) mass is 222 g/mol. The fourth-order valence-electron chi connectivity index (χ4n) is 2.58. The zero-order valence-corrected chi connectivity index (χ0v) is 9.70. The topological polar surface area (TPSA) is 64.3 Å². The summed E-state index contributed by atoms with van der Waals surface area (Å²) >= 11 is 0. The van der Waals surface area contributed by atoms with E-state index in [9.17, 15) is 4.79 Å². The van der Waals surface area contributed by atoms with Gasteiger partial charge in [0.15, 0.2) is 0 Å². The summed E-state index contributed by atoms with van der Waals surface area (Å²) < 4.78 is 0. The third-order valence-corrected chi connectivity index (χ3v) is 4.04. The number of rotatable bonds is 4. The molecular weight excluding hydrogens is 204 g/mol. The predicted molar refractivity (Wildman–Crippen MR) is 58.7 cm³/mol. The summed E-state index contributed by atoms with van der Waals surface area (Å²) in [6.07, 6.45) is 3.60. The van der Waals surface area contributed by atoms with Crippen molar-refractivity contribution >= 4 is 5.97 Å². The molecule has 4 nitrogen and oxygen atoms in total. The van der Waals surface area contributed by atoms with Gasteiger partial charge in [-0.25, -0.2) is 0 Å². The molecule has 0 aromatic heterocycles. The standard InChI is InChI=1S/C12H18N2O2/c1-11(10(15)16)5-7-14(8-11)9-12(2-3-12)4-6-13/h2-5,7-9H2,1H3,(H,15,16). The highest BCUT2D eigenvalue weighted by molar-refractivity contribution is 5.74. The molecule has 2 aliphatic rings. The summed E-state index contributed by atoms with van der Waals surface area (Å²) in [7, 11) is 0. The van der Waals surface area contributed by atoms with Crippen molar-refractivity contribution in [3.8, 4) is 6.07 Å². The van der Waals surface area contributed by atoms with Crippen LogP contribution in [0.15, 0.2) is 0 Å². The molecular formula is C12H18N2O2. The number of aliphatic carboxylic acids is 1. The van der Waals surface area contributed by atoms with Gasteiger partial charge in [0.05, 0.1) is 11.5 Å². The van der Waals surface area contributed by atoms with Gasteiger partial charge in [0.25, 0.3) is 0 Å². The molecule has 2 rings (SSSR count). The lowest BCUT2D eigenvalue weighted by Gasteiger charge is -2.23. The molecule has 88 valence electrons. The van der Waals surface area contributed by atoms with Gasteiger partial charge in [-0.3, -0.25) is 4.79 Å². The van der Waals surface area contributed by atoms with Gasteiger partial charge < -0.3 is 10.0 Å². The van der Waals surface area contributed by atoms with Crippen molar-refractivity contribution in [3.05, 3.63) is 0 Å². The summed E-state index contributed by atoms with van der Waals surface area (Å²) in [5.74, 6) is -0.694. The van der Waals surface area contributed by atoms with Crippen LogP contribution in [0.25, 0.3) is 0 Å². The first kappa shape index (κ1) is 11.4. The van der Waals surface area contributed by atoms with Crippen LogP contribution in [0.4, 0.5) is 0 Å². The van der Waals surface area contributed by atoms with E-state index in [0.29, 0.717) is 13.0 Å². The molecule has 1 unspecified atom stereocenters. The molecule has 1 aliphatic carbocycles. The van der Waals surface area contributed by atoms with E-state index in [0.717, 1.165) is 32.4 Å². The molecule has 1 atom stereocenters. The minimum Gasteiger partial charge on any atom is -0.481 e. The minimum atomic E-state index is -0.694. The van der Waals surface area contributed by atoms with Crippen molar-refractivity contribution in [1.82, 2.24) is 4.90 Å². The maximum absolute atomic E-state index is 11.1. The lowest BCUT2D eigenvalue weighted by molar-refractivity contribution is -0.147. The van der Waals surface area contributed by atoms with Crippen molar-refractivity contribution < 1.29 is 9.90 Å². The highest BCUT2D eigenvalue weighted by Gasteiger charge is 2.47. The van der Waals surface area contributed by atoms with E-state index in [-0.39, 0.29) is 5.41 Å². The van der Waals surface area contributed by atoms with Crippen molar-refractivity contribution in [2.24, 2.45) is 10.8 Å². The smallest absolute Gasteiger partial charge is 0.310 e. The Morgan fingerprint density at radius 1 is 1.50 bits per heavy atom. The van der Waals surface area contributed by atoms with Crippen LogP contribution in [0.5, 0.6) is 0 Å². The Kier molecular flexibility index (Phi) is 2.67. The average Bonchev–Trinajstić information content (AvgIpc) is 2.84. The summed E-state index contributed by atoms with van der Waals surface area (Å²) in [6, 6.07) is 2.24. The molecule has 0 radical (unpaired) electrons. The van der Waals surface area contributed by atoms with E-state index in [1.165, 1.54) is 0 Å². The molecule has 0 amide bonds. The van der Waals surface area contributed by atoms with Gasteiger partial charge >= 0.3 is 5.97 Å². The molecule has 0 aromatic rings. The number of nitriles is 1. The van der Waals surface area contributed by atoms with Gasteiger partial charge in [0.2, 0.25) is 0 Å². The zero-order chi connectivity index (χ0) is 11.8. The highest BCUT2D eigenvalue weighted by Crippen LogP contribution is 2.50. The van der Waals surface area contributed by atoms with Crippen molar-refractivity contribution in [3.63, 3.8) is 0 Å². The second-order valence-corrected chi connectivity index (χ2v) is 5.66. The van der Waals surface area contributed by atoms with Gasteiger partial charge in [-0.05, 0) is 38.1 Å². The molecule has 1 saturated carbocycles. The number of nitrogens with zero attached hydrogens (tertiary/aromatic N) is 2. The number of likely N-dealkylation sites (tertiary alicyclic amines) is 1. The third-order valence-electron chi connectivity index (χ3n) is 4.04. The zero-order valence-electron chi connectivity index (χ0n) is 9.70. The molecule has 1 heterocycles. The number of hydrogen-bond donors (Lipinski definition) is 1. The Bertz CT molecular complexity index is 343. The fourth-order valence-corrected chi connectivity index (χ4v) is 2.58. The first-order chi connectivity index (χ1) is 7.50. The first-order valence-corrected chi connectivity index (χ1v) is 5.82. The Morgan fingerprint density at radius 2 is 2.19 bits per heavy atom. The van der Waals surface area contributed by atoms with Gasteiger partial charge in [-0.1, -0.05) is 0 Å². The van der Waals surface area contributed by atoms with Crippen LogP contribution in [0, 0.1) is 22.2 Å². The minimum absolute atomic E-state index is 0.193. The van der Waals surface area contributed by atoms with Crippen LogP contribution in [0.2, 0.25) is 0 Å². The van der Waals surface area contributed by atoms with Gasteiger partial charge in [-0.2, -0.15) is 5.26 Å². The van der Waals surface area contributed by atoms with E-state index >= 15 is 0 Å². The van der Waals surface area contributed by atoms with Crippen LogP contribution in [-0.2, 0) is 4.79 Å². The van der Waals surface area contributed by atoms with Gasteiger partial charge in [-0.15, -0.1) is 0 Å². The third kappa shape index (κ3) is 2.05.